The van der Waals surface area contributed by atoms with Crippen LogP contribution in [0.5, 0.6) is 5.88 Å². The lowest BCUT2D eigenvalue weighted by molar-refractivity contribution is 0.324. The molecule has 1 heterocycles. The van der Waals surface area contributed by atoms with E-state index in [4.69, 9.17) is 10.5 Å². The number of aromatic nitrogens is 1. The Hall–Kier alpha value is -1.49. The molecule has 17 heavy (non-hydrogen) atoms. The monoisotopic (exact) mass is 238 g/mol. The van der Waals surface area contributed by atoms with Crippen LogP contribution in [-0.2, 0) is 0 Å². The lowest BCUT2D eigenvalue weighted by Gasteiger charge is -2.20. The molecule has 0 radical (unpaired) electrons. The van der Waals surface area contributed by atoms with E-state index < -0.39 is 0 Å². The summed E-state index contributed by atoms with van der Waals surface area (Å²) in [6.07, 6.45) is 0. The highest BCUT2D eigenvalue weighted by Crippen LogP contribution is 2.20. The van der Waals surface area contributed by atoms with Crippen molar-refractivity contribution in [3.63, 3.8) is 0 Å². The number of nitrogens with zero attached hydrogens (tertiary/aromatic N) is 2. The van der Waals surface area contributed by atoms with Gasteiger partial charge in [0.25, 0.3) is 0 Å². The molecule has 0 aromatic carbocycles. The van der Waals surface area contributed by atoms with Gasteiger partial charge >= 0.3 is 0 Å². The second-order valence-electron chi connectivity index (χ2n) is 4.22. The van der Waals surface area contributed by atoms with Gasteiger partial charge in [-0.05, 0) is 40.1 Å². The highest BCUT2D eigenvalue weighted by atomic mass is 16.5. The Balaban J connectivity index is 2.62. The van der Waals surface area contributed by atoms with Crippen LogP contribution in [0, 0.1) is 0 Å². The fraction of sp³-hybridized carbons (Fsp3) is 0.583. The Morgan fingerprint density at radius 3 is 2.76 bits per heavy atom. The first-order chi connectivity index (χ1) is 8.04. The molecule has 5 nitrogen and oxygen atoms in total. The zero-order chi connectivity index (χ0) is 12.8. The summed E-state index contributed by atoms with van der Waals surface area (Å²) in [6, 6.07) is 4.10. The summed E-state index contributed by atoms with van der Waals surface area (Å²) in [5.74, 6) is 1.28. The maximum absolute atomic E-state index is 5.76. The molecule has 5 heteroatoms. The Bertz CT molecular complexity index is 354. The average molecular weight is 238 g/mol. The molecule has 0 spiro atoms. The molecule has 0 amide bonds. The predicted molar refractivity (Wildman–Crippen MR) is 71.5 cm³/mol. The van der Waals surface area contributed by atoms with Gasteiger partial charge in [0.05, 0.1) is 12.3 Å². The van der Waals surface area contributed by atoms with Crippen molar-refractivity contribution < 1.29 is 4.74 Å². The fourth-order valence-corrected chi connectivity index (χ4v) is 1.24. The third-order valence-electron chi connectivity index (χ3n) is 2.63. The summed E-state index contributed by atoms with van der Waals surface area (Å²) < 4.78 is 5.35. The maximum atomic E-state index is 5.76. The average Bonchev–Trinajstić information content (AvgIpc) is 2.29. The van der Waals surface area contributed by atoms with E-state index >= 15 is 0 Å². The summed E-state index contributed by atoms with van der Waals surface area (Å²) in [4.78, 5) is 6.46. The molecule has 1 unspecified atom stereocenters. The molecule has 1 aromatic rings. The summed E-state index contributed by atoms with van der Waals surface area (Å²) >= 11 is 0. The van der Waals surface area contributed by atoms with Crippen LogP contribution in [0.3, 0.4) is 0 Å². The van der Waals surface area contributed by atoms with Gasteiger partial charge in [0, 0.05) is 12.6 Å². The van der Waals surface area contributed by atoms with E-state index in [1.807, 2.05) is 27.1 Å². The number of nitrogens with one attached hydrogen (secondary N) is 1. The van der Waals surface area contributed by atoms with Gasteiger partial charge in [0.1, 0.15) is 5.82 Å². The van der Waals surface area contributed by atoms with Gasteiger partial charge in [-0.15, -0.1) is 0 Å². The van der Waals surface area contributed by atoms with Crippen LogP contribution in [0.1, 0.15) is 13.8 Å². The van der Waals surface area contributed by atoms with Gasteiger partial charge in [0.15, 0.2) is 0 Å². The van der Waals surface area contributed by atoms with Crippen molar-refractivity contribution in [1.82, 2.24) is 9.88 Å². The van der Waals surface area contributed by atoms with Crippen molar-refractivity contribution in [2.24, 2.45) is 0 Å². The predicted octanol–water partition coefficient (Wildman–Crippen LogP) is 1.42. The smallest absolute Gasteiger partial charge is 0.239 e. The number of nitrogens with two attached hydrogens (primary N) is 1. The number of anilines is 2. The molecular formula is C12H22N4O. The minimum Gasteiger partial charge on any atom is -0.476 e. The number of hydrogen-bond acceptors (Lipinski definition) is 5. The topological polar surface area (TPSA) is 63.4 Å². The Labute approximate surface area is 103 Å². The first-order valence-electron chi connectivity index (χ1n) is 5.84. The molecule has 1 aromatic heterocycles. The largest absolute Gasteiger partial charge is 0.476 e. The van der Waals surface area contributed by atoms with Crippen LogP contribution in [0.2, 0.25) is 0 Å². The highest BCUT2D eigenvalue weighted by molar-refractivity contribution is 5.53. The molecule has 0 aliphatic heterocycles. The van der Waals surface area contributed by atoms with Crippen molar-refractivity contribution in [1.29, 1.82) is 0 Å². The van der Waals surface area contributed by atoms with Gasteiger partial charge in [-0.1, -0.05) is 0 Å². The lowest BCUT2D eigenvalue weighted by Crippen LogP contribution is -2.31. The first-order valence-corrected chi connectivity index (χ1v) is 5.84. The van der Waals surface area contributed by atoms with Crippen LogP contribution in [-0.4, -0.2) is 43.2 Å². The third-order valence-corrected chi connectivity index (χ3v) is 2.63. The third kappa shape index (κ3) is 4.11. The molecule has 0 bridgehead atoms. The van der Waals surface area contributed by atoms with Gasteiger partial charge in [-0.25, -0.2) is 0 Å². The molecule has 1 atom stereocenters. The van der Waals surface area contributed by atoms with E-state index in [0.717, 1.165) is 12.4 Å². The van der Waals surface area contributed by atoms with Gasteiger partial charge in [0.2, 0.25) is 5.88 Å². The quantitative estimate of drug-likeness (QED) is 0.785. The second kappa shape index (κ2) is 6.30. The zero-order valence-corrected chi connectivity index (χ0v) is 11.0. The molecule has 3 N–H and O–H groups in total. The van der Waals surface area contributed by atoms with Crippen molar-refractivity contribution in [2.45, 2.75) is 19.9 Å². The van der Waals surface area contributed by atoms with Crippen molar-refractivity contribution in [2.75, 3.05) is 38.3 Å². The van der Waals surface area contributed by atoms with E-state index in [1.54, 1.807) is 6.07 Å². The minimum absolute atomic E-state index is 0.435. The van der Waals surface area contributed by atoms with Crippen molar-refractivity contribution >= 4 is 11.5 Å². The Kier molecular flexibility index (Phi) is 5.03. The number of hydrogen-bond donors (Lipinski definition) is 2. The normalized spacial score (nSPS) is 12.5. The molecule has 0 saturated carbocycles. The van der Waals surface area contributed by atoms with Crippen LogP contribution in [0.15, 0.2) is 12.1 Å². The van der Waals surface area contributed by atoms with Crippen LogP contribution in [0.25, 0.3) is 0 Å². The molecular weight excluding hydrogens is 216 g/mol. The highest BCUT2D eigenvalue weighted by Gasteiger charge is 2.06. The summed E-state index contributed by atoms with van der Waals surface area (Å²) in [6.45, 7) is 5.45. The summed E-state index contributed by atoms with van der Waals surface area (Å²) in [7, 11) is 4.10. The molecule has 0 fully saturated rings. The fourth-order valence-electron chi connectivity index (χ4n) is 1.24. The standard InChI is InChI=1S/C12H22N4O/c1-5-17-12-10(13)6-7-11(15-12)14-8-9(2)16(3)4/h6-7,9H,5,8,13H2,1-4H3,(H,14,15). The SMILES string of the molecule is CCOc1nc(NCC(C)N(C)C)ccc1N. The Morgan fingerprint density at radius 2 is 2.18 bits per heavy atom. The molecule has 0 aliphatic carbocycles. The molecule has 0 saturated heterocycles. The number of ether oxygens (including phenoxy) is 1. The van der Waals surface area contributed by atoms with Crippen LogP contribution < -0.4 is 15.8 Å². The van der Waals surface area contributed by atoms with E-state index in [9.17, 15) is 0 Å². The van der Waals surface area contributed by atoms with Crippen molar-refractivity contribution in [3.05, 3.63) is 12.1 Å². The van der Waals surface area contributed by atoms with E-state index in [-0.39, 0.29) is 0 Å². The second-order valence-corrected chi connectivity index (χ2v) is 4.22. The van der Waals surface area contributed by atoms with E-state index in [0.29, 0.717) is 24.2 Å². The maximum Gasteiger partial charge on any atom is 0.239 e. The van der Waals surface area contributed by atoms with Crippen LogP contribution in [0.4, 0.5) is 11.5 Å². The lowest BCUT2D eigenvalue weighted by atomic mass is 10.3. The van der Waals surface area contributed by atoms with E-state index in [2.05, 4.69) is 22.1 Å². The number of pyridine rings is 1. The number of rotatable bonds is 6. The number of nitrogen functional groups attached to an aromatic ring is 1. The van der Waals surface area contributed by atoms with E-state index in [1.165, 1.54) is 0 Å². The first kappa shape index (κ1) is 13.6. The zero-order valence-electron chi connectivity index (χ0n) is 11.0. The van der Waals surface area contributed by atoms with Crippen LogP contribution >= 0.6 is 0 Å². The molecule has 0 aliphatic rings. The van der Waals surface area contributed by atoms with Gasteiger partial charge in [-0.2, -0.15) is 4.98 Å². The number of likely N-dealkylation sites (N-methyl/N-ethyl adjacent to an activating group) is 1. The molecule has 1 rings (SSSR count). The van der Waals surface area contributed by atoms with Gasteiger partial charge in [-0.3, -0.25) is 0 Å². The minimum atomic E-state index is 0.435. The summed E-state index contributed by atoms with van der Waals surface area (Å²) in [5, 5.41) is 3.26. The van der Waals surface area contributed by atoms with Gasteiger partial charge < -0.3 is 20.7 Å². The van der Waals surface area contributed by atoms with Crippen molar-refractivity contribution in [3.8, 4) is 5.88 Å². The molecule has 96 valence electrons. The Morgan fingerprint density at radius 1 is 1.47 bits per heavy atom. The summed E-state index contributed by atoms with van der Waals surface area (Å²) in [5.41, 5.74) is 6.32.